The molecule has 0 fully saturated rings. The van der Waals surface area contributed by atoms with Gasteiger partial charge in [-0.3, -0.25) is 4.79 Å². The minimum Gasteiger partial charge on any atom is -0.396 e. The zero-order valence-corrected chi connectivity index (χ0v) is 18.0. The fourth-order valence-corrected chi connectivity index (χ4v) is 3.16. The van der Waals surface area contributed by atoms with Crippen molar-refractivity contribution in [2.45, 2.75) is 66.3 Å². The van der Waals surface area contributed by atoms with Gasteiger partial charge in [0.25, 0.3) is 0 Å². The maximum absolute atomic E-state index is 11.8. The summed E-state index contributed by atoms with van der Waals surface area (Å²) in [4.78, 5) is 16.5. The highest BCUT2D eigenvalue weighted by Crippen LogP contribution is 2.29. The topological polar surface area (TPSA) is 85.8 Å². The van der Waals surface area contributed by atoms with E-state index in [1.165, 1.54) is 0 Å². The smallest absolute Gasteiger partial charge is 0.224 e. The van der Waals surface area contributed by atoms with Crippen LogP contribution in [0.4, 0.5) is 5.69 Å². The summed E-state index contributed by atoms with van der Waals surface area (Å²) in [7, 11) is 0. The molecule has 28 heavy (non-hydrogen) atoms. The highest BCUT2D eigenvalue weighted by atomic mass is 16.3. The second-order valence-corrected chi connectivity index (χ2v) is 7.23. The number of rotatable bonds is 12. The Kier molecular flexibility index (Phi) is 11.3. The number of amides is 1. The molecular formula is C22H38N4O2. The SMILES string of the molecule is CCCC(=O)Nc1cccc(CN=C(NCC)NCC(CC)(CC)CCO)c1. The van der Waals surface area contributed by atoms with E-state index in [2.05, 4.69) is 29.8 Å². The standard InChI is InChI=1S/C22H38N4O2/c1-5-10-20(28)26-19-12-9-11-18(15-19)16-24-21(23-8-4)25-17-22(6-2,7-3)13-14-27/h9,11-12,15,27H,5-8,10,13-14,16-17H2,1-4H3,(H,26,28)(H2,23,24,25). The molecule has 0 aliphatic heterocycles. The molecule has 0 aliphatic rings. The summed E-state index contributed by atoms with van der Waals surface area (Å²) in [6, 6.07) is 7.81. The van der Waals surface area contributed by atoms with Gasteiger partial charge in [-0.05, 0) is 55.7 Å². The van der Waals surface area contributed by atoms with Crippen molar-refractivity contribution in [3.05, 3.63) is 29.8 Å². The summed E-state index contributed by atoms with van der Waals surface area (Å²) < 4.78 is 0. The Morgan fingerprint density at radius 1 is 1.14 bits per heavy atom. The molecule has 1 rings (SSSR count). The number of hydrogen-bond donors (Lipinski definition) is 4. The Bertz CT molecular complexity index is 612. The van der Waals surface area contributed by atoms with E-state index < -0.39 is 0 Å². The van der Waals surface area contributed by atoms with Gasteiger partial charge in [-0.15, -0.1) is 0 Å². The lowest BCUT2D eigenvalue weighted by molar-refractivity contribution is -0.116. The first-order chi connectivity index (χ1) is 13.5. The normalized spacial score (nSPS) is 12.0. The van der Waals surface area contributed by atoms with E-state index in [-0.39, 0.29) is 17.9 Å². The van der Waals surface area contributed by atoms with Gasteiger partial charge in [0.05, 0.1) is 6.54 Å². The van der Waals surface area contributed by atoms with Gasteiger partial charge >= 0.3 is 0 Å². The summed E-state index contributed by atoms with van der Waals surface area (Å²) in [5, 5.41) is 19.1. The average Bonchev–Trinajstić information content (AvgIpc) is 2.69. The molecule has 0 saturated heterocycles. The first kappa shape index (κ1) is 24.0. The van der Waals surface area contributed by atoms with Gasteiger partial charge in [-0.25, -0.2) is 4.99 Å². The molecule has 6 heteroatoms. The van der Waals surface area contributed by atoms with E-state index in [4.69, 9.17) is 4.99 Å². The van der Waals surface area contributed by atoms with Crippen LogP contribution in [0.5, 0.6) is 0 Å². The predicted octanol–water partition coefficient (Wildman–Crippen LogP) is 3.67. The van der Waals surface area contributed by atoms with E-state index in [1.54, 1.807) is 0 Å². The molecule has 1 aromatic rings. The fourth-order valence-electron chi connectivity index (χ4n) is 3.16. The molecule has 158 valence electrons. The van der Waals surface area contributed by atoms with Gasteiger partial charge in [-0.2, -0.15) is 0 Å². The second-order valence-electron chi connectivity index (χ2n) is 7.23. The third-order valence-corrected chi connectivity index (χ3v) is 5.22. The number of nitrogens with zero attached hydrogens (tertiary/aromatic N) is 1. The number of hydrogen-bond acceptors (Lipinski definition) is 3. The van der Waals surface area contributed by atoms with Gasteiger partial charge in [-0.1, -0.05) is 32.9 Å². The number of aliphatic hydroxyl groups is 1. The molecule has 0 spiro atoms. The number of nitrogens with one attached hydrogen (secondary N) is 3. The Hall–Kier alpha value is -2.08. The van der Waals surface area contributed by atoms with Crippen LogP contribution >= 0.6 is 0 Å². The summed E-state index contributed by atoms with van der Waals surface area (Å²) in [5.41, 5.74) is 1.93. The number of carbonyl (C=O) groups is 1. The third-order valence-electron chi connectivity index (χ3n) is 5.22. The minimum absolute atomic E-state index is 0.0394. The van der Waals surface area contributed by atoms with Crippen LogP contribution in [0.2, 0.25) is 0 Å². The largest absolute Gasteiger partial charge is 0.396 e. The van der Waals surface area contributed by atoms with Crippen LogP contribution in [0.3, 0.4) is 0 Å². The van der Waals surface area contributed by atoms with Crippen LogP contribution < -0.4 is 16.0 Å². The maximum Gasteiger partial charge on any atom is 0.224 e. The van der Waals surface area contributed by atoms with Crippen molar-refractivity contribution in [3.8, 4) is 0 Å². The van der Waals surface area contributed by atoms with Crippen LogP contribution in [0.1, 0.15) is 65.4 Å². The molecule has 0 aliphatic carbocycles. The molecule has 0 unspecified atom stereocenters. The molecular weight excluding hydrogens is 352 g/mol. The molecule has 1 aromatic carbocycles. The van der Waals surface area contributed by atoms with Crippen molar-refractivity contribution in [1.29, 1.82) is 0 Å². The van der Waals surface area contributed by atoms with Crippen molar-refractivity contribution in [1.82, 2.24) is 10.6 Å². The van der Waals surface area contributed by atoms with Crippen LogP contribution in [0, 0.1) is 5.41 Å². The quantitative estimate of drug-likeness (QED) is 0.324. The Morgan fingerprint density at radius 3 is 2.50 bits per heavy atom. The van der Waals surface area contributed by atoms with E-state index in [9.17, 15) is 9.90 Å². The lowest BCUT2D eigenvalue weighted by Gasteiger charge is -2.32. The lowest BCUT2D eigenvalue weighted by atomic mass is 9.79. The predicted molar refractivity (Wildman–Crippen MR) is 118 cm³/mol. The molecule has 6 nitrogen and oxygen atoms in total. The summed E-state index contributed by atoms with van der Waals surface area (Å²) in [6.07, 6.45) is 4.17. The average molecular weight is 391 g/mol. The summed E-state index contributed by atoms with van der Waals surface area (Å²) in [6.45, 7) is 10.7. The molecule has 1 amide bonds. The number of benzene rings is 1. The molecule has 0 saturated carbocycles. The molecule has 0 radical (unpaired) electrons. The Balaban J connectivity index is 2.77. The minimum atomic E-state index is 0.0394. The van der Waals surface area contributed by atoms with E-state index in [0.717, 1.165) is 56.0 Å². The molecule has 0 atom stereocenters. The number of anilines is 1. The third kappa shape index (κ3) is 8.30. The highest BCUT2D eigenvalue weighted by molar-refractivity contribution is 5.90. The number of aliphatic imine (C=N–C) groups is 1. The molecule has 0 bridgehead atoms. The monoisotopic (exact) mass is 390 g/mol. The van der Waals surface area contributed by atoms with Crippen molar-refractivity contribution in [2.75, 3.05) is 25.0 Å². The van der Waals surface area contributed by atoms with Crippen molar-refractivity contribution < 1.29 is 9.90 Å². The van der Waals surface area contributed by atoms with Gasteiger partial charge in [0, 0.05) is 31.8 Å². The van der Waals surface area contributed by atoms with Crippen LogP contribution in [-0.4, -0.2) is 36.7 Å². The Morgan fingerprint density at radius 2 is 1.89 bits per heavy atom. The highest BCUT2D eigenvalue weighted by Gasteiger charge is 2.25. The van der Waals surface area contributed by atoms with Crippen molar-refractivity contribution in [2.24, 2.45) is 10.4 Å². The zero-order valence-electron chi connectivity index (χ0n) is 18.0. The molecule has 0 aromatic heterocycles. The van der Waals surface area contributed by atoms with Gasteiger partial charge in [0.15, 0.2) is 5.96 Å². The van der Waals surface area contributed by atoms with Gasteiger partial charge < -0.3 is 21.1 Å². The number of guanidine groups is 1. The first-order valence-corrected chi connectivity index (χ1v) is 10.5. The van der Waals surface area contributed by atoms with E-state index in [1.807, 2.05) is 38.1 Å². The van der Waals surface area contributed by atoms with Crippen molar-refractivity contribution in [3.63, 3.8) is 0 Å². The number of carbonyl (C=O) groups excluding carboxylic acids is 1. The summed E-state index contributed by atoms with van der Waals surface area (Å²) in [5.74, 6) is 0.810. The second kappa shape index (κ2) is 13.2. The number of aliphatic hydroxyl groups excluding tert-OH is 1. The lowest BCUT2D eigenvalue weighted by Crippen LogP contribution is -2.43. The van der Waals surface area contributed by atoms with Crippen molar-refractivity contribution >= 4 is 17.6 Å². The summed E-state index contributed by atoms with van der Waals surface area (Å²) >= 11 is 0. The fraction of sp³-hybridized carbons (Fsp3) is 0.636. The Labute approximate surface area is 170 Å². The van der Waals surface area contributed by atoms with Gasteiger partial charge in [0.1, 0.15) is 0 Å². The van der Waals surface area contributed by atoms with Crippen LogP contribution in [-0.2, 0) is 11.3 Å². The van der Waals surface area contributed by atoms with Crippen LogP contribution in [0.15, 0.2) is 29.3 Å². The van der Waals surface area contributed by atoms with Gasteiger partial charge in [0.2, 0.25) is 5.91 Å². The van der Waals surface area contributed by atoms with E-state index >= 15 is 0 Å². The maximum atomic E-state index is 11.8. The molecule has 0 heterocycles. The van der Waals surface area contributed by atoms with Crippen LogP contribution in [0.25, 0.3) is 0 Å². The molecule has 4 N–H and O–H groups in total. The first-order valence-electron chi connectivity index (χ1n) is 10.5. The zero-order chi connectivity index (χ0) is 20.8. The van der Waals surface area contributed by atoms with E-state index in [0.29, 0.717) is 13.0 Å².